The van der Waals surface area contributed by atoms with E-state index in [4.69, 9.17) is 0 Å². The average Bonchev–Trinajstić information content (AvgIpc) is 3.97. The minimum absolute atomic E-state index is 1.09. The zero-order chi connectivity index (χ0) is 45.7. The second kappa shape index (κ2) is 17.2. The lowest BCUT2D eigenvalue weighted by molar-refractivity contribution is 1.18. The fourth-order valence-corrected chi connectivity index (χ4v) is 11.3. The summed E-state index contributed by atoms with van der Waals surface area (Å²) in [5, 5.41) is 5.18. The van der Waals surface area contributed by atoms with Crippen molar-refractivity contribution in [3.05, 3.63) is 267 Å². The Morgan fingerprint density at radius 3 is 1.12 bits per heavy atom. The van der Waals surface area contributed by atoms with Gasteiger partial charge in [0, 0.05) is 53.7 Å². The molecule has 0 aliphatic rings. The molecule has 3 heteroatoms. The Kier molecular flexibility index (Phi) is 10.1. The van der Waals surface area contributed by atoms with E-state index < -0.39 is 0 Å². The quantitative estimate of drug-likeness (QED) is 0.140. The lowest BCUT2D eigenvalue weighted by atomic mass is 9.93. The number of para-hydroxylation sites is 2. The number of hydrogen-bond acceptors (Lipinski definition) is 2. The van der Waals surface area contributed by atoms with Crippen LogP contribution in [0.2, 0.25) is 0 Å². The van der Waals surface area contributed by atoms with Crippen LogP contribution >= 0.6 is 11.3 Å². The third kappa shape index (κ3) is 7.47. The third-order valence-electron chi connectivity index (χ3n) is 13.6. The Hall–Kier alpha value is -8.76. The van der Waals surface area contributed by atoms with Crippen LogP contribution in [0.1, 0.15) is 0 Å². The topological polar surface area (TPSA) is 8.17 Å². The molecule has 0 saturated heterocycles. The fourth-order valence-electron chi connectivity index (χ4n) is 10.2. The molecule has 2 heterocycles. The van der Waals surface area contributed by atoms with Crippen molar-refractivity contribution in [2.75, 3.05) is 4.90 Å². The normalized spacial score (nSPS) is 11.5. The van der Waals surface area contributed by atoms with Gasteiger partial charge in [-0.2, -0.15) is 0 Å². The zero-order valence-corrected chi connectivity index (χ0v) is 38.5. The first-order valence-electron chi connectivity index (χ1n) is 23.6. The molecule has 0 aliphatic heterocycles. The molecule has 13 rings (SSSR count). The van der Waals surface area contributed by atoms with Crippen LogP contribution in [0, 0.1) is 0 Å². The van der Waals surface area contributed by atoms with Crippen LogP contribution < -0.4 is 4.90 Å². The minimum Gasteiger partial charge on any atom is -0.311 e. The second-order valence-corrected chi connectivity index (χ2v) is 18.8. The molecule has 0 fully saturated rings. The van der Waals surface area contributed by atoms with Gasteiger partial charge in [0.15, 0.2) is 0 Å². The minimum atomic E-state index is 1.09. The number of benzene rings is 11. The summed E-state index contributed by atoms with van der Waals surface area (Å²) in [6, 6.07) is 97.3. The van der Waals surface area contributed by atoms with Crippen molar-refractivity contribution in [2.24, 2.45) is 0 Å². The van der Waals surface area contributed by atoms with Gasteiger partial charge in [0.2, 0.25) is 0 Å². The molecule has 0 unspecified atom stereocenters. The number of anilines is 3. The molecule has 69 heavy (non-hydrogen) atoms. The number of rotatable bonds is 9. The van der Waals surface area contributed by atoms with Crippen molar-refractivity contribution in [1.29, 1.82) is 0 Å². The van der Waals surface area contributed by atoms with Crippen molar-refractivity contribution in [2.45, 2.75) is 0 Å². The predicted octanol–water partition coefficient (Wildman–Crippen LogP) is 19.0. The smallest absolute Gasteiger partial charge is 0.0541 e. The van der Waals surface area contributed by atoms with E-state index in [1.54, 1.807) is 0 Å². The molecule has 2 aromatic heterocycles. The summed E-state index contributed by atoms with van der Waals surface area (Å²) in [4.78, 5) is 2.37. The number of aromatic nitrogens is 1. The maximum absolute atomic E-state index is 2.37. The molecule has 324 valence electrons. The molecular weight excluding hydrogens is 853 g/mol. The number of hydrogen-bond donors (Lipinski definition) is 0. The standard InChI is InChI=1S/C66H44N2S/c1-3-13-45(14-4-1)52-41-53(46-15-5-2-6-16-46)43-54(42-52)50-29-36-57(37-30-50)67(56-34-27-49(28-35-56)51-31-40-62-61-19-9-12-22-65(61)69-66(62)44-51)55-32-23-47(24-33-55)48-25-38-58(39-26-48)68-63-20-10-7-17-59(63)60-18-8-11-21-64(60)68/h1-44H. The highest BCUT2D eigenvalue weighted by atomic mass is 32.1. The molecule has 0 radical (unpaired) electrons. The molecule has 0 bridgehead atoms. The Morgan fingerprint density at radius 2 is 0.609 bits per heavy atom. The maximum Gasteiger partial charge on any atom is 0.0541 e. The van der Waals surface area contributed by atoms with E-state index >= 15 is 0 Å². The van der Waals surface area contributed by atoms with Crippen LogP contribution in [0.4, 0.5) is 17.1 Å². The largest absolute Gasteiger partial charge is 0.311 e. The first-order chi connectivity index (χ1) is 34.2. The van der Waals surface area contributed by atoms with Crippen LogP contribution in [0.5, 0.6) is 0 Å². The van der Waals surface area contributed by atoms with E-state index in [1.807, 2.05) is 11.3 Å². The number of thiophene rings is 1. The van der Waals surface area contributed by atoms with Crippen molar-refractivity contribution in [1.82, 2.24) is 4.57 Å². The van der Waals surface area contributed by atoms with Gasteiger partial charge in [-0.25, -0.2) is 0 Å². The Balaban J connectivity index is 0.861. The Bertz CT molecular complexity index is 3850. The summed E-state index contributed by atoms with van der Waals surface area (Å²) < 4.78 is 5.01. The van der Waals surface area contributed by atoms with E-state index in [2.05, 4.69) is 276 Å². The van der Waals surface area contributed by atoms with Gasteiger partial charge >= 0.3 is 0 Å². The Morgan fingerprint density at radius 1 is 0.246 bits per heavy atom. The molecule has 0 N–H and O–H groups in total. The molecule has 0 atom stereocenters. The predicted molar refractivity (Wildman–Crippen MR) is 296 cm³/mol. The van der Waals surface area contributed by atoms with Gasteiger partial charge in [-0.3, -0.25) is 0 Å². The van der Waals surface area contributed by atoms with Gasteiger partial charge in [0.05, 0.1) is 11.0 Å². The Labute approximate surface area is 405 Å². The summed E-state index contributed by atoms with van der Waals surface area (Å²) >= 11 is 1.86. The van der Waals surface area contributed by atoms with Crippen LogP contribution in [-0.4, -0.2) is 4.57 Å². The van der Waals surface area contributed by atoms with Crippen molar-refractivity contribution < 1.29 is 0 Å². The van der Waals surface area contributed by atoms with Crippen LogP contribution in [0.15, 0.2) is 267 Å². The fraction of sp³-hybridized carbons (Fsp3) is 0. The van der Waals surface area contributed by atoms with E-state index in [0.717, 1.165) is 22.7 Å². The average molecular weight is 897 g/mol. The number of fused-ring (bicyclic) bond motifs is 6. The molecule has 0 aliphatic carbocycles. The highest BCUT2D eigenvalue weighted by Crippen LogP contribution is 2.41. The second-order valence-electron chi connectivity index (χ2n) is 17.7. The summed E-state index contributed by atoms with van der Waals surface area (Å²) in [6.07, 6.45) is 0. The molecule has 13 aromatic rings. The van der Waals surface area contributed by atoms with E-state index in [0.29, 0.717) is 0 Å². The summed E-state index contributed by atoms with van der Waals surface area (Å²) in [7, 11) is 0. The van der Waals surface area contributed by atoms with Crippen molar-refractivity contribution in [3.63, 3.8) is 0 Å². The van der Waals surface area contributed by atoms with Gasteiger partial charge in [-0.1, -0.05) is 176 Å². The van der Waals surface area contributed by atoms with Gasteiger partial charge in [-0.05, 0) is 147 Å². The highest BCUT2D eigenvalue weighted by molar-refractivity contribution is 7.25. The van der Waals surface area contributed by atoms with E-state index in [-0.39, 0.29) is 0 Å². The molecule has 0 amide bonds. The summed E-state index contributed by atoms with van der Waals surface area (Å²) in [5.41, 5.74) is 18.8. The molecule has 0 spiro atoms. The first kappa shape index (κ1) is 40.5. The van der Waals surface area contributed by atoms with Gasteiger partial charge in [-0.15, -0.1) is 11.3 Å². The molecule has 0 saturated carbocycles. The maximum atomic E-state index is 2.37. The van der Waals surface area contributed by atoms with E-state index in [1.165, 1.54) is 97.6 Å². The summed E-state index contributed by atoms with van der Waals surface area (Å²) in [5.74, 6) is 0. The van der Waals surface area contributed by atoms with Gasteiger partial charge < -0.3 is 9.47 Å². The van der Waals surface area contributed by atoms with Crippen LogP contribution in [0.3, 0.4) is 0 Å². The lowest BCUT2D eigenvalue weighted by Crippen LogP contribution is -2.09. The zero-order valence-electron chi connectivity index (χ0n) is 37.7. The molecule has 11 aromatic carbocycles. The monoisotopic (exact) mass is 896 g/mol. The molecular formula is C66H44N2S. The number of nitrogens with zero attached hydrogens (tertiary/aromatic N) is 2. The third-order valence-corrected chi connectivity index (χ3v) is 14.7. The van der Waals surface area contributed by atoms with Crippen molar-refractivity contribution in [3.8, 4) is 61.3 Å². The van der Waals surface area contributed by atoms with Crippen LogP contribution in [-0.2, 0) is 0 Å². The summed E-state index contributed by atoms with van der Waals surface area (Å²) in [6.45, 7) is 0. The van der Waals surface area contributed by atoms with Gasteiger partial charge in [0.25, 0.3) is 0 Å². The van der Waals surface area contributed by atoms with Crippen LogP contribution in [0.25, 0.3) is 103 Å². The lowest BCUT2D eigenvalue weighted by Gasteiger charge is -2.26. The van der Waals surface area contributed by atoms with Crippen molar-refractivity contribution >= 4 is 70.4 Å². The van der Waals surface area contributed by atoms with E-state index in [9.17, 15) is 0 Å². The van der Waals surface area contributed by atoms with Gasteiger partial charge in [0.1, 0.15) is 0 Å². The SMILES string of the molecule is c1ccc(-c2cc(-c3ccccc3)cc(-c3ccc(N(c4ccc(-c5ccc(-n6c7ccccc7c7ccccc76)cc5)cc4)c4ccc(-c5ccc6c(c5)sc5ccccc56)cc4)cc3)c2)cc1. The first-order valence-corrected chi connectivity index (χ1v) is 24.4. The highest BCUT2D eigenvalue weighted by Gasteiger charge is 2.17. The molecule has 2 nitrogen and oxygen atoms in total.